The first-order valence-corrected chi connectivity index (χ1v) is 13.6. The summed E-state index contributed by atoms with van der Waals surface area (Å²) in [5.41, 5.74) is 4.11. The third-order valence-electron chi connectivity index (χ3n) is 6.47. The zero-order valence-corrected chi connectivity index (χ0v) is 21.0. The predicted molar refractivity (Wildman–Crippen MR) is 133 cm³/mol. The Labute approximate surface area is 201 Å². The van der Waals surface area contributed by atoms with Gasteiger partial charge in [-0.15, -0.1) is 0 Å². The van der Waals surface area contributed by atoms with Crippen LogP contribution in [0.1, 0.15) is 67.8 Å². The highest BCUT2D eigenvalue weighted by molar-refractivity contribution is 7.92. The number of nitro groups is 1. The highest BCUT2D eigenvalue weighted by Crippen LogP contribution is 2.31. The van der Waals surface area contributed by atoms with Gasteiger partial charge in [-0.1, -0.05) is 38.1 Å². The summed E-state index contributed by atoms with van der Waals surface area (Å²) in [6.45, 7) is 5.38. The van der Waals surface area contributed by atoms with Gasteiger partial charge in [-0.05, 0) is 67.7 Å². The first kappa shape index (κ1) is 25.7. The Bertz CT molecular complexity index is 1180. The van der Waals surface area contributed by atoms with E-state index in [-0.39, 0.29) is 23.8 Å². The van der Waals surface area contributed by atoms with Crippen LogP contribution in [0.4, 0.5) is 11.4 Å². The van der Waals surface area contributed by atoms with Crippen molar-refractivity contribution in [3.8, 4) is 0 Å². The third kappa shape index (κ3) is 5.58. The molecule has 2 unspecified atom stereocenters. The normalized spacial score (nSPS) is 15.2. The van der Waals surface area contributed by atoms with Crippen molar-refractivity contribution >= 4 is 27.3 Å². The summed E-state index contributed by atoms with van der Waals surface area (Å²) in [6.07, 6.45) is 6.32. The Morgan fingerprint density at radius 3 is 2.35 bits per heavy atom. The molecular formula is C25H33N3O5S. The van der Waals surface area contributed by atoms with Crippen molar-refractivity contribution in [3.63, 3.8) is 0 Å². The molecule has 1 aliphatic rings. The lowest BCUT2D eigenvalue weighted by Gasteiger charge is -2.32. The Kier molecular flexibility index (Phi) is 7.97. The van der Waals surface area contributed by atoms with Crippen LogP contribution in [0.25, 0.3) is 0 Å². The maximum Gasteiger partial charge on any atom is 0.271 e. The first-order chi connectivity index (χ1) is 16.1. The van der Waals surface area contributed by atoms with E-state index in [4.69, 9.17) is 0 Å². The zero-order chi connectivity index (χ0) is 25.0. The molecule has 0 fully saturated rings. The van der Waals surface area contributed by atoms with Gasteiger partial charge in [-0.2, -0.15) is 0 Å². The minimum Gasteiger partial charge on any atom is -0.347 e. The largest absolute Gasteiger partial charge is 0.347 e. The maximum atomic E-state index is 13.4. The number of carbonyl (C=O) groups is 1. The fourth-order valence-electron chi connectivity index (χ4n) is 4.64. The van der Waals surface area contributed by atoms with Gasteiger partial charge in [0.15, 0.2) is 0 Å². The van der Waals surface area contributed by atoms with Gasteiger partial charge in [0.25, 0.3) is 5.69 Å². The minimum atomic E-state index is -3.91. The number of benzene rings is 2. The number of amides is 1. The van der Waals surface area contributed by atoms with Crippen LogP contribution in [0.3, 0.4) is 0 Å². The molecule has 0 saturated heterocycles. The van der Waals surface area contributed by atoms with E-state index in [1.165, 1.54) is 35.7 Å². The van der Waals surface area contributed by atoms with Crippen LogP contribution in [0, 0.1) is 17.0 Å². The van der Waals surface area contributed by atoms with Crippen molar-refractivity contribution in [2.75, 3.05) is 10.6 Å². The minimum absolute atomic E-state index is 0.139. The summed E-state index contributed by atoms with van der Waals surface area (Å²) in [5, 5.41) is 14.4. The smallest absolute Gasteiger partial charge is 0.271 e. The van der Waals surface area contributed by atoms with Crippen LogP contribution in [-0.4, -0.2) is 31.5 Å². The summed E-state index contributed by atoms with van der Waals surface area (Å²) in [7, 11) is -3.91. The highest BCUT2D eigenvalue weighted by atomic mass is 32.2. The Balaban J connectivity index is 1.94. The molecule has 0 spiro atoms. The number of nitrogens with zero attached hydrogens (tertiary/aromatic N) is 2. The average Bonchev–Trinajstić information content (AvgIpc) is 2.80. The Hall–Kier alpha value is -2.94. The fraction of sp³-hybridized carbons (Fsp3) is 0.480. The number of anilines is 1. The average molecular weight is 488 g/mol. The van der Waals surface area contributed by atoms with Crippen LogP contribution in [0.2, 0.25) is 0 Å². The molecule has 2 aromatic carbocycles. The molecule has 0 aromatic heterocycles. The van der Waals surface area contributed by atoms with Crippen molar-refractivity contribution in [1.82, 2.24) is 5.32 Å². The van der Waals surface area contributed by atoms with Crippen LogP contribution in [-0.2, 0) is 27.7 Å². The van der Waals surface area contributed by atoms with E-state index in [1.807, 2.05) is 13.0 Å². The number of non-ortho nitro benzene ring substituents is 1. The number of nitrogens with one attached hydrogen (secondary N) is 1. The second-order valence-corrected chi connectivity index (χ2v) is 10.8. The highest BCUT2D eigenvalue weighted by Gasteiger charge is 2.34. The van der Waals surface area contributed by atoms with Crippen LogP contribution >= 0.6 is 0 Å². The van der Waals surface area contributed by atoms with E-state index < -0.39 is 26.9 Å². The van der Waals surface area contributed by atoms with Gasteiger partial charge < -0.3 is 5.32 Å². The molecule has 3 rings (SSSR count). The van der Waals surface area contributed by atoms with Crippen molar-refractivity contribution in [2.24, 2.45) is 0 Å². The molecule has 0 radical (unpaired) electrons. The van der Waals surface area contributed by atoms with E-state index in [9.17, 15) is 23.3 Å². The standard InChI is InChI=1S/C25H33N3O5S/c1-5-22(20-13-12-18-9-7-8-10-19(18)15-20)26-25(29)23(6-2)27(34(4,32)33)24-16-21(28(30)31)14-11-17(24)3/h11-16,22-23H,5-10H2,1-4H3,(H,26,29). The molecule has 34 heavy (non-hydrogen) atoms. The molecule has 1 aliphatic carbocycles. The van der Waals surface area contributed by atoms with E-state index in [0.29, 0.717) is 12.0 Å². The maximum absolute atomic E-state index is 13.4. The number of aryl methyl sites for hydroxylation is 3. The molecule has 1 N–H and O–H groups in total. The SMILES string of the molecule is CCC(NC(=O)C(CC)N(c1cc([N+](=O)[O-])ccc1C)S(C)(=O)=O)c1ccc2c(c1)CCCC2. The summed E-state index contributed by atoms with van der Waals surface area (Å²) in [6, 6.07) is 9.06. The van der Waals surface area contributed by atoms with Crippen LogP contribution in [0.15, 0.2) is 36.4 Å². The van der Waals surface area contributed by atoms with E-state index in [0.717, 1.165) is 35.4 Å². The number of hydrogen-bond donors (Lipinski definition) is 1. The summed E-state index contributed by atoms with van der Waals surface area (Å²) < 4.78 is 26.7. The van der Waals surface area contributed by atoms with Crippen molar-refractivity contribution in [1.29, 1.82) is 0 Å². The van der Waals surface area contributed by atoms with Gasteiger partial charge in [0.05, 0.1) is 22.9 Å². The van der Waals surface area contributed by atoms with Crippen molar-refractivity contribution in [2.45, 2.75) is 71.4 Å². The van der Waals surface area contributed by atoms with Gasteiger partial charge in [-0.3, -0.25) is 19.2 Å². The molecule has 0 bridgehead atoms. The second kappa shape index (κ2) is 10.5. The number of hydrogen-bond acceptors (Lipinski definition) is 5. The van der Waals surface area contributed by atoms with Crippen LogP contribution in [0.5, 0.6) is 0 Å². The predicted octanol–water partition coefficient (Wildman–Crippen LogP) is 4.59. The van der Waals surface area contributed by atoms with E-state index >= 15 is 0 Å². The summed E-state index contributed by atoms with van der Waals surface area (Å²) in [4.78, 5) is 24.2. The molecule has 0 heterocycles. The number of nitro benzene ring substituents is 1. The molecule has 1 amide bonds. The molecule has 8 nitrogen and oxygen atoms in total. The quantitative estimate of drug-likeness (QED) is 0.411. The molecular weight excluding hydrogens is 454 g/mol. The van der Waals surface area contributed by atoms with Gasteiger partial charge in [0.2, 0.25) is 15.9 Å². The Morgan fingerprint density at radius 1 is 1.09 bits per heavy atom. The number of carbonyl (C=O) groups excluding carboxylic acids is 1. The van der Waals surface area contributed by atoms with Crippen molar-refractivity contribution < 1.29 is 18.1 Å². The monoisotopic (exact) mass is 487 g/mol. The molecule has 9 heteroatoms. The Morgan fingerprint density at radius 2 is 1.76 bits per heavy atom. The fourth-order valence-corrected chi connectivity index (χ4v) is 5.90. The van der Waals surface area contributed by atoms with E-state index in [1.54, 1.807) is 13.8 Å². The molecule has 2 atom stereocenters. The third-order valence-corrected chi connectivity index (χ3v) is 7.64. The molecule has 0 saturated carbocycles. The molecule has 0 aliphatic heterocycles. The number of rotatable bonds is 9. The molecule has 2 aromatic rings. The van der Waals surface area contributed by atoms with Gasteiger partial charge in [0.1, 0.15) is 6.04 Å². The van der Waals surface area contributed by atoms with Crippen molar-refractivity contribution in [3.05, 3.63) is 68.8 Å². The van der Waals surface area contributed by atoms with Gasteiger partial charge >= 0.3 is 0 Å². The summed E-state index contributed by atoms with van der Waals surface area (Å²) in [5.74, 6) is -0.427. The lowest BCUT2D eigenvalue weighted by Crippen LogP contribution is -2.50. The first-order valence-electron chi connectivity index (χ1n) is 11.7. The molecule has 184 valence electrons. The van der Waals surface area contributed by atoms with E-state index in [2.05, 4.69) is 17.4 Å². The zero-order valence-electron chi connectivity index (χ0n) is 20.2. The lowest BCUT2D eigenvalue weighted by atomic mass is 9.88. The number of sulfonamides is 1. The second-order valence-electron chi connectivity index (χ2n) is 8.92. The van der Waals surface area contributed by atoms with Crippen LogP contribution < -0.4 is 9.62 Å². The number of fused-ring (bicyclic) bond motifs is 1. The summed E-state index contributed by atoms with van der Waals surface area (Å²) >= 11 is 0. The lowest BCUT2D eigenvalue weighted by molar-refractivity contribution is -0.384. The topological polar surface area (TPSA) is 110 Å². The van der Waals surface area contributed by atoms with Gasteiger partial charge in [-0.25, -0.2) is 8.42 Å². The van der Waals surface area contributed by atoms with Gasteiger partial charge in [0, 0.05) is 12.1 Å².